The predicted molar refractivity (Wildman–Crippen MR) is 81.0 cm³/mol. The van der Waals surface area contributed by atoms with Crippen LogP contribution < -0.4 is 11.1 Å². The van der Waals surface area contributed by atoms with Gasteiger partial charge in [0.15, 0.2) is 0 Å². The van der Waals surface area contributed by atoms with Crippen molar-refractivity contribution in [1.29, 1.82) is 0 Å². The Morgan fingerprint density at radius 3 is 2.76 bits per heavy atom. The largest absolute Gasteiger partial charge is 0.368 e. The van der Waals surface area contributed by atoms with Crippen molar-refractivity contribution in [1.82, 2.24) is 24.5 Å². The SMILES string of the molecule is CC(Nc1nc(N)nc(-n2ccnc2)n1)C1CCCCC1. The summed E-state index contributed by atoms with van der Waals surface area (Å²) in [5, 5.41) is 3.38. The fourth-order valence-corrected chi connectivity index (χ4v) is 2.89. The topological polar surface area (TPSA) is 94.5 Å². The Balaban J connectivity index is 1.75. The van der Waals surface area contributed by atoms with Crippen molar-refractivity contribution in [2.75, 3.05) is 11.1 Å². The zero-order valence-corrected chi connectivity index (χ0v) is 12.2. The zero-order valence-electron chi connectivity index (χ0n) is 12.2. The van der Waals surface area contributed by atoms with Crippen LogP contribution in [0.2, 0.25) is 0 Å². The van der Waals surface area contributed by atoms with Gasteiger partial charge in [0.05, 0.1) is 0 Å². The first-order valence-electron chi connectivity index (χ1n) is 7.49. The summed E-state index contributed by atoms with van der Waals surface area (Å²) in [6.07, 6.45) is 11.6. The van der Waals surface area contributed by atoms with E-state index in [9.17, 15) is 0 Å². The lowest BCUT2D eigenvalue weighted by Gasteiger charge is -2.28. The van der Waals surface area contributed by atoms with Crippen LogP contribution in [0.4, 0.5) is 11.9 Å². The van der Waals surface area contributed by atoms with E-state index in [0.29, 0.717) is 23.9 Å². The van der Waals surface area contributed by atoms with Gasteiger partial charge in [0.1, 0.15) is 6.33 Å². The molecule has 7 nitrogen and oxygen atoms in total. The van der Waals surface area contributed by atoms with E-state index >= 15 is 0 Å². The van der Waals surface area contributed by atoms with E-state index in [1.54, 1.807) is 23.3 Å². The van der Waals surface area contributed by atoms with E-state index in [1.165, 1.54) is 32.1 Å². The molecule has 2 aromatic heterocycles. The number of nitrogens with zero attached hydrogens (tertiary/aromatic N) is 5. The van der Waals surface area contributed by atoms with Gasteiger partial charge in [-0.1, -0.05) is 19.3 Å². The smallest absolute Gasteiger partial charge is 0.241 e. The van der Waals surface area contributed by atoms with Crippen molar-refractivity contribution in [3.8, 4) is 5.95 Å². The molecule has 1 fully saturated rings. The molecule has 0 radical (unpaired) electrons. The van der Waals surface area contributed by atoms with Crippen molar-refractivity contribution in [3.63, 3.8) is 0 Å². The third kappa shape index (κ3) is 3.29. The summed E-state index contributed by atoms with van der Waals surface area (Å²) in [5.41, 5.74) is 5.78. The summed E-state index contributed by atoms with van der Waals surface area (Å²) in [4.78, 5) is 16.7. The van der Waals surface area contributed by atoms with Crippen LogP contribution in [0, 0.1) is 5.92 Å². The van der Waals surface area contributed by atoms with Crippen LogP contribution in [0.1, 0.15) is 39.0 Å². The minimum atomic E-state index is 0.215. The number of nitrogens with two attached hydrogens (primary N) is 1. The highest BCUT2D eigenvalue weighted by atomic mass is 15.3. The molecule has 1 unspecified atom stereocenters. The predicted octanol–water partition coefficient (Wildman–Crippen LogP) is 2.02. The standard InChI is InChI=1S/C14H21N7/c1-10(11-5-3-2-4-6-11)17-13-18-12(15)19-14(20-13)21-8-7-16-9-21/h7-11H,2-6H2,1H3,(H3,15,17,18,19,20). The van der Waals surface area contributed by atoms with Crippen LogP contribution in [-0.2, 0) is 0 Å². The first-order valence-corrected chi connectivity index (χ1v) is 7.49. The lowest BCUT2D eigenvalue weighted by molar-refractivity contribution is 0.327. The van der Waals surface area contributed by atoms with Crippen molar-refractivity contribution in [2.24, 2.45) is 5.92 Å². The second kappa shape index (κ2) is 6.07. The first-order chi connectivity index (χ1) is 10.2. The van der Waals surface area contributed by atoms with Gasteiger partial charge in [-0.25, -0.2) is 4.98 Å². The number of hydrogen-bond donors (Lipinski definition) is 2. The lowest BCUT2D eigenvalue weighted by atomic mass is 9.85. The monoisotopic (exact) mass is 287 g/mol. The van der Waals surface area contributed by atoms with Crippen LogP contribution in [0.5, 0.6) is 0 Å². The second-order valence-corrected chi connectivity index (χ2v) is 5.62. The summed E-state index contributed by atoms with van der Waals surface area (Å²) in [6, 6.07) is 0.336. The van der Waals surface area contributed by atoms with Crippen molar-refractivity contribution in [3.05, 3.63) is 18.7 Å². The molecule has 3 rings (SSSR count). The molecule has 21 heavy (non-hydrogen) atoms. The third-order valence-electron chi connectivity index (χ3n) is 4.09. The number of imidazole rings is 1. The second-order valence-electron chi connectivity index (χ2n) is 5.62. The Hall–Kier alpha value is -2.18. The molecule has 0 saturated heterocycles. The maximum atomic E-state index is 5.78. The summed E-state index contributed by atoms with van der Waals surface area (Å²) in [6.45, 7) is 2.19. The van der Waals surface area contributed by atoms with Gasteiger partial charge in [-0.15, -0.1) is 0 Å². The average molecular weight is 287 g/mol. The molecule has 7 heteroatoms. The van der Waals surface area contributed by atoms with Gasteiger partial charge in [0.2, 0.25) is 17.8 Å². The van der Waals surface area contributed by atoms with E-state index in [-0.39, 0.29) is 5.95 Å². The van der Waals surface area contributed by atoms with E-state index in [1.807, 2.05) is 0 Å². The molecular weight excluding hydrogens is 266 g/mol. The molecule has 0 bridgehead atoms. The molecule has 1 atom stereocenters. The van der Waals surface area contributed by atoms with E-state index in [2.05, 4.69) is 32.2 Å². The Bertz CT molecular complexity index is 575. The van der Waals surface area contributed by atoms with Gasteiger partial charge >= 0.3 is 0 Å². The molecule has 0 amide bonds. The molecule has 0 aliphatic heterocycles. The number of nitrogens with one attached hydrogen (secondary N) is 1. The molecule has 1 aliphatic rings. The van der Waals surface area contributed by atoms with Crippen molar-refractivity contribution in [2.45, 2.75) is 45.1 Å². The Morgan fingerprint density at radius 2 is 2.05 bits per heavy atom. The molecule has 0 aromatic carbocycles. The van der Waals surface area contributed by atoms with Crippen LogP contribution in [0.25, 0.3) is 5.95 Å². The van der Waals surface area contributed by atoms with E-state index in [0.717, 1.165) is 0 Å². The van der Waals surface area contributed by atoms with Gasteiger partial charge in [-0.3, -0.25) is 4.57 Å². The Kier molecular flexibility index (Phi) is 3.98. The minimum absolute atomic E-state index is 0.215. The average Bonchev–Trinajstić information content (AvgIpc) is 3.02. The molecular formula is C14H21N7. The summed E-state index contributed by atoms with van der Waals surface area (Å²) in [5.74, 6) is 1.91. The normalized spacial score (nSPS) is 17.6. The molecule has 1 saturated carbocycles. The minimum Gasteiger partial charge on any atom is -0.368 e. The molecule has 0 spiro atoms. The highest BCUT2D eigenvalue weighted by Gasteiger charge is 2.21. The zero-order chi connectivity index (χ0) is 14.7. The van der Waals surface area contributed by atoms with Gasteiger partial charge in [-0.2, -0.15) is 15.0 Å². The fraction of sp³-hybridized carbons (Fsp3) is 0.571. The lowest BCUT2D eigenvalue weighted by Crippen LogP contribution is -2.29. The van der Waals surface area contributed by atoms with Gasteiger partial charge in [-0.05, 0) is 25.7 Å². The number of rotatable bonds is 4. The molecule has 1 aliphatic carbocycles. The molecule has 3 N–H and O–H groups in total. The highest BCUT2D eigenvalue weighted by molar-refractivity contribution is 5.35. The van der Waals surface area contributed by atoms with Crippen molar-refractivity contribution >= 4 is 11.9 Å². The third-order valence-corrected chi connectivity index (χ3v) is 4.09. The van der Waals surface area contributed by atoms with Gasteiger partial charge in [0.25, 0.3) is 0 Å². The molecule has 2 aromatic rings. The quantitative estimate of drug-likeness (QED) is 0.893. The van der Waals surface area contributed by atoms with Gasteiger partial charge < -0.3 is 11.1 Å². The van der Waals surface area contributed by atoms with Crippen LogP contribution >= 0.6 is 0 Å². The van der Waals surface area contributed by atoms with Crippen molar-refractivity contribution < 1.29 is 0 Å². The highest BCUT2D eigenvalue weighted by Crippen LogP contribution is 2.27. The fourth-order valence-electron chi connectivity index (χ4n) is 2.89. The number of aromatic nitrogens is 5. The van der Waals surface area contributed by atoms with Crippen LogP contribution in [0.15, 0.2) is 18.7 Å². The van der Waals surface area contributed by atoms with E-state index < -0.39 is 0 Å². The van der Waals surface area contributed by atoms with Crippen LogP contribution in [-0.4, -0.2) is 30.5 Å². The first kappa shape index (κ1) is 13.8. The molecule has 112 valence electrons. The van der Waals surface area contributed by atoms with Crippen LogP contribution in [0.3, 0.4) is 0 Å². The maximum absolute atomic E-state index is 5.78. The number of hydrogen-bond acceptors (Lipinski definition) is 6. The number of anilines is 2. The number of nitrogen functional groups attached to an aromatic ring is 1. The van der Waals surface area contributed by atoms with E-state index in [4.69, 9.17) is 5.73 Å². The molecule has 2 heterocycles. The summed E-state index contributed by atoms with van der Waals surface area (Å²) in [7, 11) is 0. The summed E-state index contributed by atoms with van der Waals surface area (Å²) < 4.78 is 1.72. The Labute approximate surface area is 124 Å². The van der Waals surface area contributed by atoms with Gasteiger partial charge in [0, 0.05) is 18.4 Å². The maximum Gasteiger partial charge on any atom is 0.241 e. The summed E-state index contributed by atoms with van der Waals surface area (Å²) >= 11 is 0. The Morgan fingerprint density at radius 1 is 1.24 bits per heavy atom.